The summed E-state index contributed by atoms with van der Waals surface area (Å²) in [4.78, 5) is 25.0. The molecule has 0 radical (unpaired) electrons. The molecular formula is C25H27FN2O3. The fourth-order valence-electron chi connectivity index (χ4n) is 3.56. The summed E-state index contributed by atoms with van der Waals surface area (Å²) in [5, 5.41) is 3.01. The molecule has 6 heteroatoms. The van der Waals surface area contributed by atoms with Gasteiger partial charge in [-0.25, -0.2) is 9.18 Å². The van der Waals surface area contributed by atoms with Crippen LogP contribution in [0.2, 0.25) is 0 Å². The van der Waals surface area contributed by atoms with Crippen LogP contribution in [0.15, 0.2) is 60.7 Å². The van der Waals surface area contributed by atoms with Crippen molar-refractivity contribution in [3.05, 3.63) is 83.3 Å². The van der Waals surface area contributed by atoms with Crippen LogP contribution >= 0.6 is 0 Å². The van der Waals surface area contributed by atoms with E-state index < -0.39 is 5.97 Å². The van der Waals surface area contributed by atoms with Crippen LogP contribution in [0.1, 0.15) is 47.9 Å². The third-order valence-electron chi connectivity index (χ3n) is 5.24. The number of hydrogen-bond acceptors (Lipinski definition) is 3. The molecule has 0 spiro atoms. The quantitative estimate of drug-likeness (QED) is 0.517. The van der Waals surface area contributed by atoms with Gasteiger partial charge in [0.2, 0.25) is 5.91 Å². The van der Waals surface area contributed by atoms with E-state index >= 15 is 0 Å². The van der Waals surface area contributed by atoms with Crippen LogP contribution in [0.4, 0.5) is 4.39 Å². The number of hydrogen-bond donors (Lipinski definition) is 1. The van der Waals surface area contributed by atoms with Gasteiger partial charge in [0.25, 0.3) is 0 Å². The molecule has 2 aromatic carbocycles. The number of aromatic nitrogens is 1. The predicted octanol–water partition coefficient (Wildman–Crippen LogP) is 5.05. The third-order valence-corrected chi connectivity index (χ3v) is 5.24. The zero-order chi connectivity index (χ0) is 22.4. The molecule has 3 rings (SSSR count). The fourth-order valence-corrected chi connectivity index (χ4v) is 3.56. The van der Waals surface area contributed by atoms with Crippen LogP contribution in [-0.2, 0) is 16.1 Å². The topological polar surface area (TPSA) is 60.3 Å². The Morgan fingerprint density at radius 1 is 1.10 bits per heavy atom. The molecule has 5 nitrogen and oxygen atoms in total. The summed E-state index contributed by atoms with van der Waals surface area (Å²) in [6.45, 7) is 6.17. The monoisotopic (exact) mass is 422 g/mol. The molecule has 3 aromatic rings. The number of amides is 1. The predicted molar refractivity (Wildman–Crippen MR) is 118 cm³/mol. The van der Waals surface area contributed by atoms with Gasteiger partial charge in [-0.2, -0.15) is 0 Å². The van der Waals surface area contributed by atoms with E-state index in [0.29, 0.717) is 17.8 Å². The number of ether oxygens (including phenoxy) is 1. The Labute approximate surface area is 181 Å². The number of carbonyl (C=O) groups is 2. The van der Waals surface area contributed by atoms with E-state index in [1.165, 1.54) is 12.1 Å². The van der Waals surface area contributed by atoms with Crippen molar-refractivity contribution in [2.75, 3.05) is 6.61 Å². The van der Waals surface area contributed by atoms with E-state index in [1.54, 1.807) is 25.1 Å². The van der Waals surface area contributed by atoms with E-state index in [0.717, 1.165) is 16.8 Å². The molecule has 1 amide bonds. The van der Waals surface area contributed by atoms with Gasteiger partial charge in [0.15, 0.2) is 0 Å². The van der Waals surface area contributed by atoms with Crippen LogP contribution in [0.3, 0.4) is 0 Å². The first-order valence-electron chi connectivity index (χ1n) is 10.4. The first kappa shape index (κ1) is 22.3. The largest absolute Gasteiger partial charge is 0.462 e. The Bertz CT molecular complexity index is 1040. The summed E-state index contributed by atoms with van der Waals surface area (Å²) >= 11 is 0. The van der Waals surface area contributed by atoms with Crippen molar-refractivity contribution in [2.24, 2.45) is 0 Å². The van der Waals surface area contributed by atoms with Crippen molar-refractivity contribution in [1.29, 1.82) is 0 Å². The van der Waals surface area contributed by atoms with Gasteiger partial charge in [-0.3, -0.25) is 4.79 Å². The van der Waals surface area contributed by atoms with Gasteiger partial charge in [-0.1, -0.05) is 30.3 Å². The van der Waals surface area contributed by atoms with Crippen LogP contribution in [0.5, 0.6) is 0 Å². The second kappa shape index (κ2) is 10.1. The summed E-state index contributed by atoms with van der Waals surface area (Å²) < 4.78 is 20.5. The SMILES string of the molecule is CCOC(=O)c1cc(-c2ccc(F)cc2)n(CCC(=O)NC(C)c2ccccc2)c1C. The highest BCUT2D eigenvalue weighted by molar-refractivity contribution is 5.92. The van der Waals surface area contributed by atoms with Crippen LogP contribution < -0.4 is 5.32 Å². The molecule has 1 atom stereocenters. The normalized spacial score (nSPS) is 11.7. The molecule has 1 heterocycles. The molecule has 162 valence electrons. The molecular weight excluding hydrogens is 395 g/mol. The molecule has 0 saturated carbocycles. The summed E-state index contributed by atoms with van der Waals surface area (Å²) in [6, 6.07) is 17.5. The van der Waals surface area contributed by atoms with E-state index in [1.807, 2.05) is 48.7 Å². The molecule has 1 N–H and O–H groups in total. The van der Waals surface area contributed by atoms with E-state index in [2.05, 4.69) is 5.32 Å². The van der Waals surface area contributed by atoms with Gasteiger partial charge in [0.05, 0.1) is 18.2 Å². The first-order valence-corrected chi connectivity index (χ1v) is 10.4. The lowest BCUT2D eigenvalue weighted by molar-refractivity contribution is -0.121. The number of nitrogens with zero attached hydrogens (tertiary/aromatic N) is 1. The molecule has 0 aliphatic carbocycles. The van der Waals surface area contributed by atoms with Crippen molar-refractivity contribution in [3.8, 4) is 11.3 Å². The molecule has 0 fully saturated rings. The van der Waals surface area contributed by atoms with E-state index in [-0.39, 0.29) is 30.8 Å². The lowest BCUT2D eigenvalue weighted by atomic mass is 10.1. The lowest BCUT2D eigenvalue weighted by Gasteiger charge is -2.16. The average Bonchev–Trinajstić information content (AvgIpc) is 3.10. The second-order valence-electron chi connectivity index (χ2n) is 7.36. The molecule has 0 saturated heterocycles. The van der Waals surface area contributed by atoms with Gasteiger partial charge in [0.1, 0.15) is 5.82 Å². The van der Waals surface area contributed by atoms with E-state index in [9.17, 15) is 14.0 Å². The zero-order valence-electron chi connectivity index (χ0n) is 18.0. The Morgan fingerprint density at radius 2 is 1.77 bits per heavy atom. The third kappa shape index (κ3) is 5.40. The first-order chi connectivity index (χ1) is 14.9. The Morgan fingerprint density at radius 3 is 2.42 bits per heavy atom. The fraction of sp³-hybridized carbons (Fsp3) is 0.280. The minimum Gasteiger partial charge on any atom is -0.462 e. The van der Waals surface area contributed by atoms with Crippen molar-refractivity contribution >= 4 is 11.9 Å². The highest BCUT2D eigenvalue weighted by atomic mass is 19.1. The van der Waals surface area contributed by atoms with Gasteiger partial charge in [-0.15, -0.1) is 0 Å². The van der Waals surface area contributed by atoms with Crippen molar-refractivity contribution < 1.29 is 18.7 Å². The van der Waals surface area contributed by atoms with Crippen LogP contribution in [0.25, 0.3) is 11.3 Å². The number of rotatable bonds is 8. The maximum atomic E-state index is 13.4. The minimum absolute atomic E-state index is 0.0906. The minimum atomic E-state index is -0.413. The van der Waals surface area contributed by atoms with E-state index in [4.69, 9.17) is 4.74 Å². The van der Waals surface area contributed by atoms with Crippen LogP contribution in [0, 0.1) is 12.7 Å². The molecule has 1 aromatic heterocycles. The van der Waals surface area contributed by atoms with Gasteiger partial charge in [-0.05, 0) is 62.2 Å². The number of benzene rings is 2. The molecule has 0 bridgehead atoms. The molecule has 0 aliphatic rings. The zero-order valence-corrected chi connectivity index (χ0v) is 18.0. The number of nitrogens with one attached hydrogen (secondary N) is 1. The number of carbonyl (C=O) groups excluding carboxylic acids is 2. The summed E-state index contributed by atoms with van der Waals surface area (Å²) in [7, 11) is 0. The van der Waals surface area contributed by atoms with Gasteiger partial charge >= 0.3 is 5.97 Å². The summed E-state index contributed by atoms with van der Waals surface area (Å²) in [5.41, 5.74) is 3.69. The standard InChI is InChI=1S/C25H27FN2O3/c1-4-31-25(30)22-16-23(20-10-12-21(26)13-11-20)28(18(22)3)15-14-24(29)27-17(2)19-8-6-5-7-9-19/h5-13,16-17H,4,14-15H2,1-3H3,(H,27,29). The highest BCUT2D eigenvalue weighted by Crippen LogP contribution is 2.27. The Kier molecular flexibility index (Phi) is 7.23. The maximum absolute atomic E-state index is 13.4. The smallest absolute Gasteiger partial charge is 0.339 e. The lowest BCUT2D eigenvalue weighted by Crippen LogP contribution is -2.27. The molecule has 0 aliphatic heterocycles. The Balaban J connectivity index is 1.81. The van der Waals surface area contributed by atoms with Gasteiger partial charge < -0.3 is 14.6 Å². The van der Waals surface area contributed by atoms with Crippen molar-refractivity contribution in [2.45, 2.75) is 39.8 Å². The highest BCUT2D eigenvalue weighted by Gasteiger charge is 2.20. The number of halogens is 1. The van der Waals surface area contributed by atoms with Crippen LogP contribution in [-0.4, -0.2) is 23.1 Å². The van der Waals surface area contributed by atoms with Crippen molar-refractivity contribution in [1.82, 2.24) is 9.88 Å². The van der Waals surface area contributed by atoms with Gasteiger partial charge in [0, 0.05) is 24.4 Å². The maximum Gasteiger partial charge on any atom is 0.339 e. The molecule has 1 unspecified atom stereocenters. The number of esters is 1. The van der Waals surface area contributed by atoms with Crippen molar-refractivity contribution in [3.63, 3.8) is 0 Å². The summed E-state index contributed by atoms with van der Waals surface area (Å²) in [5.74, 6) is -0.838. The summed E-state index contributed by atoms with van der Waals surface area (Å²) in [6.07, 6.45) is 0.239. The molecule has 31 heavy (non-hydrogen) atoms. The Hall–Kier alpha value is -3.41. The second-order valence-corrected chi connectivity index (χ2v) is 7.36. The average molecular weight is 423 g/mol.